The summed E-state index contributed by atoms with van der Waals surface area (Å²) < 4.78 is 5.67. The Kier molecular flexibility index (Phi) is 7.76. The highest BCUT2D eigenvalue weighted by Crippen LogP contribution is 2.20. The fourth-order valence-electron chi connectivity index (χ4n) is 2.78. The van der Waals surface area contributed by atoms with Gasteiger partial charge in [-0.3, -0.25) is 4.99 Å². The molecule has 3 N–H and O–H groups in total. The molecule has 0 radical (unpaired) electrons. The minimum Gasteiger partial charge on any atom is -0.494 e. The highest BCUT2D eigenvalue weighted by atomic mass is 16.5. The average molecular weight is 361 g/mol. The summed E-state index contributed by atoms with van der Waals surface area (Å²) in [6, 6.07) is 8.14. The second-order valence-electron chi connectivity index (χ2n) is 8.18. The van der Waals surface area contributed by atoms with Crippen molar-refractivity contribution < 1.29 is 4.74 Å². The van der Waals surface area contributed by atoms with Crippen molar-refractivity contribution in [3.8, 4) is 5.75 Å². The third-order valence-corrected chi connectivity index (χ3v) is 4.88. The Balaban J connectivity index is 2.08. The molecule has 0 amide bonds. The van der Waals surface area contributed by atoms with Gasteiger partial charge in [0.1, 0.15) is 5.75 Å². The predicted octanol–water partition coefficient (Wildman–Crippen LogP) is 3.96. The largest absolute Gasteiger partial charge is 0.494 e. The molecule has 1 fully saturated rings. The summed E-state index contributed by atoms with van der Waals surface area (Å²) in [6.07, 6.45) is 3.44. The van der Waals surface area contributed by atoms with E-state index in [1.54, 1.807) is 0 Å². The number of ether oxygens (including phenoxy) is 1. The fourth-order valence-corrected chi connectivity index (χ4v) is 2.78. The molecular weight excluding hydrogens is 324 g/mol. The standard InChI is InChI=1S/C21H36N4O/c1-5-14-26-19-8-6-18(7-9-19)24-20(23-16-21(3,4)15-22)25-12-10-17(2)11-13-25/h6-9,17H,5,10-16,22H2,1-4H3,(H,23,24). The highest BCUT2D eigenvalue weighted by molar-refractivity contribution is 5.93. The molecule has 0 unspecified atom stereocenters. The van der Waals surface area contributed by atoms with Crippen LogP contribution in [0.3, 0.4) is 0 Å². The average Bonchev–Trinajstić information content (AvgIpc) is 2.65. The van der Waals surface area contributed by atoms with Gasteiger partial charge in [-0.1, -0.05) is 27.7 Å². The zero-order valence-electron chi connectivity index (χ0n) is 16.9. The summed E-state index contributed by atoms with van der Waals surface area (Å²) in [7, 11) is 0. The summed E-state index contributed by atoms with van der Waals surface area (Å²) in [6.45, 7) is 13.0. The van der Waals surface area contributed by atoms with Crippen molar-refractivity contribution in [2.24, 2.45) is 22.1 Å². The number of aliphatic imine (C=N–C) groups is 1. The molecule has 0 bridgehead atoms. The Morgan fingerprint density at radius 1 is 1.27 bits per heavy atom. The molecule has 146 valence electrons. The first-order chi connectivity index (χ1) is 12.4. The topological polar surface area (TPSA) is 62.9 Å². The van der Waals surface area contributed by atoms with E-state index in [1.165, 1.54) is 12.8 Å². The van der Waals surface area contributed by atoms with Crippen LogP contribution in [0, 0.1) is 11.3 Å². The minimum absolute atomic E-state index is 0.00780. The van der Waals surface area contributed by atoms with Gasteiger partial charge in [0.05, 0.1) is 6.61 Å². The SMILES string of the molecule is CCCOc1ccc(NC(=NCC(C)(C)CN)N2CCC(C)CC2)cc1. The summed E-state index contributed by atoms with van der Waals surface area (Å²) in [4.78, 5) is 7.27. The molecule has 1 aromatic carbocycles. The van der Waals surface area contributed by atoms with Crippen LogP contribution in [0.2, 0.25) is 0 Å². The van der Waals surface area contributed by atoms with Crippen LogP contribution in [-0.2, 0) is 0 Å². The number of nitrogens with two attached hydrogens (primary N) is 1. The van der Waals surface area contributed by atoms with Crippen LogP contribution in [0.1, 0.15) is 47.0 Å². The van der Waals surface area contributed by atoms with Crippen molar-refractivity contribution in [2.75, 3.05) is 38.1 Å². The number of guanidine groups is 1. The Bertz CT molecular complexity index is 560. The normalized spacial score (nSPS) is 16.7. The zero-order valence-corrected chi connectivity index (χ0v) is 16.9. The maximum Gasteiger partial charge on any atom is 0.198 e. The quantitative estimate of drug-likeness (QED) is 0.571. The molecule has 0 saturated carbocycles. The van der Waals surface area contributed by atoms with E-state index in [0.29, 0.717) is 6.54 Å². The minimum atomic E-state index is 0.00780. The van der Waals surface area contributed by atoms with E-state index in [4.69, 9.17) is 15.5 Å². The number of likely N-dealkylation sites (tertiary alicyclic amines) is 1. The van der Waals surface area contributed by atoms with Gasteiger partial charge >= 0.3 is 0 Å². The van der Waals surface area contributed by atoms with Crippen LogP contribution in [0.4, 0.5) is 5.69 Å². The van der Waals surface area contributed by atoms with Crippen LogP contribution in [0.25, 0.3) is 0 Å². The van der Waals surface area contributed by atoms with Gasteiger partial charge in [-0.05, 0) is 61.4 Å². The lowest BCUT2D eigenvalue weighted by molar-refractivity contribution is 0.278. The number of hydrogen-bond donors (Lipinski definition) is 2. The number of nitrogens with zero attached hydrogens (tertiary/aromatic N) is 2. The number of benzene rings is 1. The lowest BCUT2D eigenvalue weighted by Gasteiger charge is -2.33. The first-order valence-corrected chi connectivity index (χ1v) is 9.93. The summed E-state index contributed by atoms with van der Waals surface area (Å²) in [5, 5.41) is 3.52. The second-order valence-corrected chi connectivity index (χ2v) is 8.18. The molecule has 1 heterocycles. The lowest BCUT2D eigenvalue weighted by Crippen LogP contribution is -2.42. The molecule has 0 atom stereocenters. The molecule has 0 spiro atoms. The maximum absolute atomic E-state index is 5.88. The monoisotopic (exact) mass is 360 g/mol. The Morgan fingerprint density at radius 2 is 1.92 bits per heavy atom. The number of nitrogens with one attached hydrogen (secondary N) is 1. The van der Waals surface area contributed by atoms with Crippen molar-refractivity contribution in [3.63, 3.8) is 0 Å². The summed E-state index contributed by atoms with van der Waals surface area (Å²) in [5.41, 5.74) is 6.93. The van der Waals surface area contributed by atoms with E-state index in [9.17, 15) is 0 Å². The van der Waals surface area contributed by atoms with Crippen molar-refractivity contribution in [1.82, 2.24) is 4.90 Å². The van der Waals surface area contributed by atoms with Gasteiger partial charge in [0.2, 0.25) is 0 Å². The highest BCUT2D eigenvalue weighted by Gasteiger charge is 2.21. The lowest BCUT2D eigenvalue weighted by atomic mass is 9.94. The molecule has 1 aromatic rings. The van der Waals surface area contributed by atoms with E-state index in [0.717, 1.165) is 56.0 Å². The zero-order chi connectivity index (χ0) is 19.0. The van der Waals surface area contributed by atoms with Crippen molar-refractivity contribution >= 4 is 11.6 Å². The Hall–Kier alpha value is -1.75. The van der Waals surface area contributed by atoms with Gasteiger partial charge < -0.3 is 20.7 Å². The molecule has 1 saturated heterocycles. The molecule has 1 aliphatic rings. The van der Waals surface area contributed by atoms with Crippen LogP contribution in [0.15, 0.2) is 29.3 Å². The summed E-state index contributed by atoms with van der Waals surface area (Å²) in [5.74, 6) is 2.66. The first-order valence-electron chi connectivity index (χ1n) is 9.93. The molecular formula is C21H36N4O. The van der Waals surface area contributed by atoms with E-state index < -0.39 is 0 Å². The van der Waals surface area contributed by atoms with E-state index in [-0.39, 0.29) is 5.41 Å². The molecule has 2 rings (SSSR count). The van der Waals surface area contributed by atoms with E-state index in [2.05, 4.69) is 50.0 Å². The van der Waals surface area contributed by atoms with Crippen LogP contribution >= 0.6 is 0 Å². The van der Waals surface area contributed by atoms with Gasteiger partial charge in [-0.15, -0.1) is 0 Å². The van der Waals surface area contributed by atoms with Crippen LogP contribution < -0.4 is 15.8 Å². The smallest absolute Gasteiger partial charge is 0.198 e. The second kappa shape index (κ2) is 9.81. The third kappa shape index (κ3) is 6.52. The maximum atomic E-state index is 5.88. The number of anilines is 1. The molecule has 26 heavy (non-hydrogen) atoms. The van der Waals surface area contributed by atoms with Gasteiger partial charge in [0.15, 0.2) is 5.96 Å². The molecule has 5 nitrogen and oxygen atoms in total. The van der Waals surface area contributed by atoms with Gasteiger partial charge in [-0.25, -0.2) is 0 Å². The first kappa shape index (κ1) is 20.6. The molecule has 0 aliphatic carbocycles. The van der Waals surface area contributed by atoms with E-state index >= 15 is 0 Å². The van der Waals surface area contributed by atoms with E-state index in [1.807, 2.05) is 12.1 Å². The van der Waals surface area contributed by atoms with Crippen molar-refractivity contribution in [2.45, 2.75) is 47.0 Å². The molecule has 0 aromatic heterocycles. The Labute approximate surface area is 159 Å². The number of rotatable bonds is 7. The summed E-state index contributed by atoms with van der Waals surface area (Å²) >= 11 is 0. The van der Waals surface area contributed by atoms with Gasteiger partial charge in [0, 0.05) is 25.3 Å². The van der Waals surface area contributed by atoms with Crippen LogP contribution in [-0.4, -0.2) is 43.6 Å². The Morgan fingerprint density at radius 3 is 2.50 bits per heavy atom. The molecule has 1 aliphatic heterocycles. The number of hydrogen-bond acceptors (Lipinski definition) is 3. The number of piperidine rings is 1. The van der Waals surface area contributed by atoms with Gasteiger partial charge in [-0.2, -0.15) is 0 Å². The van der Waals surface area contributed by atoms with Crippen molar-refractivity contribution in [1.29, 1.82) is 0 Å². The van der Waals surface area contributed by atoms with Crippen molar-refractivity contribution in [3.05, 3.63) is 24.3 Å². The predicted molar refractivity (Wildman–Crippen MR) is 111 cm³/mol. The third-order valence-electron chi connectivity index (χ3n) is 4.88. The fraction of sp³-hybridized carbons (Fsp3) is 0.667. The van der Waals surface area contributed by atoms with Crippen LogP contribution in [0.5, 0.6) is 5.75 Å². The molecule has 5 heteroatoms. The van der Waals surface area contributed by atoms with Gasteiger partial charge in [0.25, 0.3) is 0 Å².